The van der Waals surface area contributed by atoms with Gasteiger partial charge in [-0.15, -0.1) is 0 Å². The standard InChI is InChI=1S/C15H24N2O/c1-12-10-13(4-9-16-12)17-11-15(18)7-5-14(2,3)6-8-15/h4,9-10,18H,5-8,11H2,1-3H3,(H,16,17). The van der Waals surface area contributed by atoms with E-state index in [1.165, 1.54) is 0 Å². The smallest absolute Gasteiger partial charge is 0.0819 e. The summed E-state index contributed by atoms with van der Waals surface area (Å²) in [6.07, 6.45) is 5.76. The summed E-state index contributed by atoms with van der Waals surface area (Å²) in [6.45, 7) is 7.17. The molecule has 18 heavy (non-hydrogen) atoms. The molecule has 0 aliphatic heterocycles. The minimum absolute atomic E-state index is 0.388. The Balaban J connectivity index is 1.90. The molecule has 1 aromatic rings. The van der Waals surface area contributed by atoms with E-state index >= 15 is 0 Å². The van der Waals surface area contributed by atoms with Crippen molar-refractivity contribution >= 4 is 5.69 Å². The summed E-state index contributed by atoms with van der Waals surface area (Å²) < 4.78 is 0. The molecule has 3 heteroatoms. The average molecular weight is 248 g/mol. The molecular formula is C15H24N2O. The second kappa shape index (κ2) is 4.88. The number of aryl methyl sites for hydroxylation is 1. The second-order valence-electron chi connectivity index (χ2n) is 6.43. The number of nitrogens with zero attached hydrogens (tertiary/aromatic N) is 1. The third-order valence-corrected chi connectivity index (χ3v) is 4.05. The predicted octanol–water partition coefficient (Wildman–Crippen LogP) is 3.13. The Morgan fingerprint density at radius 1 is 1.28 bits per heavy atom. The zero-order valence-electron chi connectivity index (χ0n) is 11.7. The fraction of sp³-hybridized carbons (Fsp3) is 0.667. The molecule has 0 atom stereocenters. The number of hydrogen-bond donors (Lipinski definition) is 2. The Morgan fingerprint density at radius 2 is 1.94 bits per heavy atom. The summed E-state index contributed by atoms with van der Waals surface area (Å²) in [5.41, 5.74) is 1.88. The van der Waals surface area contributed by atoms with Crippen LogP contribution in [0.15, 0.2) is 18.3 Å². The molecule has 0 aromatic carbocycles. The third-order valence-electron chi connectivity index (χ3n) is 4.05. The van der Waals surface area contributed by atoms with Gasteiger partial charge in [0, 0.05) is 24.1 Å². The fourth-order valence-electron chi connectivity index (χ4n) is 2.49. The minimum Gasteiger partial charge on any atom is -0.388 e. The number of anilines is 1. The summed E-state index contributed by atoms with van der Waals surface area (Å²) in [7, 11) is 0. The number of aliphatic hydroxyl groups is 1. The molecule has 1 saturated carbocycles. The minimum atomic E-state index is -0.549. The van der Waals surface area contributed by atoms with Gasteiger partial charge in [-0.3, -0.25) is 4.98 Å². The Bertz CT molecular complexity index is 405. The molecule has 100 valence electrons. The molecule has 3 nitrogen and oxygen atoms in total. The van der Waals surface area contributed by atoms with Crippen molar-refractivity contribution in [3.63, 3.8) is 0 Å². The van der Waals surface area contributed by atoms with Crippen LogP contribution in [0.1, 0.15) is 45.2 Å². The van der Waals surface area contributed by atoms with Crippen molar-refractivity contribution in [2.45, 2.75) is 52.1 Å². The quantitative estimate of drug-likeness (QED) is 0.863. The lowest BCUT2D eigenvalue weighted by atomic mass is 9.71. The van der Waals surface area contributed by atoms with Crippen molar-refractivity contribution in [3.8, 4) is 0 Å². The summed E-state index contributed by atoms with van der Waals surface area (Å²) >= 11 is 0. The van der Waals surface area contributed by atoms with E-state index in [-0.39, 0.29) is 0 Å². The SMILES string of the molecule is Cc1cc(NCC2(O)CCC(C)(C)CC2)ccn1. The van der Waals surface area contributed by atoms with E-state index in [9.17, 15) is 5.11 Å². The molecule has 1 heterocycles. The first-order valence-corrected chi connectivity index (χ1v) is 6.78. The van der Waals surface area contributed by atoms with E-state index in [1.807, 2.05) is 19.1 Å². The molecule has 0 unspecified atom stereocenters. The van der Waals surface area contributed by atoms with Gasteiger partial charge >= 0.3 is 0 Å². The molecule has 1 aliphatic rings. The summed E-state index contributed by atoms with van der Waals surface area (Å²) in [5, 5.41) is 13.9. The fourth-order valence-corrected chi connectivity index (χ4v) is 2.49. The van der Waals surface area contributed by atoms with Crippen LogP contribution in [-0.4, -0.2) is 22.2 Å². The van der Waals surface area contributed by atoms with Crippen molar-refractivity contribution in [1.29, 1.82) is 0 Å². The average Bonchev–Trinajstić information content (AvgIpc) is 2.32. The molecule has 1 fully saturated rings. The zero-order valence-corrected chi connectivity index (χ0v) is 11.7. The lowest BCUT2D eigenvalue weighted by Crippen LogP contribution is -2.42. The molecule has 2 N–H and O–H groups in total. The van der Waals surface area contributed by atoms with Crippen molar-refractivity contribution in [3.05, 3.63) is 24.0 Å². The highest BCUT2D eigenvalue weighted by Crippen LogP contribution is 2.40. The van der Waals surface area contributed by atoms with E-state index in [0.717, 1.165) is 37.1 Å². The van der Waals surface area contributed by atoms with Crippen LogP contribution in [0.4, 0.5) is 5.69 Å². The van der Waals surface area contributed by atoms with Crippen molar-refractivity contribution in [1.82, 2.24) is 4.98 Å². The number of nitrogens with one attached hydrogen (secondary N) is 1. The lowest BCUT2D eigenvalue weighted by molar-refractivity contribution is -0.0145. The van der Waals surface area contributed by atoms with Gasteiger partial charge in [-0.1, -0.05) is 13.8 Å². The maximum Gasteiger partial charge on any atom is 0.0819 e. The third kappa shape index (κ3) is 3.45. The van der Waals surface area contributed by atoms with Crippen LogP contribution in [0.5, 0.6) is 0 Å². The molecule has 2 rings (SSSR count). The van der Waals surface area contributed by atoms with Gasteiger partial charge in [-0.05, 0) is 50.2 Å². The van der Waals surface area contributed by atoms with Crippen LogP contribution in [0, 0.1) is 12.3 Å². The van der Waals surface area contributed by atoms with Gasteiger partial charge in [0.25, 0.3) is 0 Å². The highest BCUT2D eigenvalue weighted by Gasteiger charge is 2.36. The highest BCUT2D eigenvalue weighted by molar-refractivity contribution is 5.43. The largest absolute Gasteiger partial charge is 0.388 e. The number of aromatic nitrogens is 1. The van der Waals surface area contributed by atoms with Gasteiger partial charge in [-0.2, -0.15) is 0 Å². The molecule has 0 bridgehead atoms. The Morgan fingerprint density at radius 3 is 2.56 bits per heavy atom. The van der Waals surface area contributed by atoms with E-state index in [1.54, 1.807) is 6.20 Å². The van der Waals surface area contributed by atoms with Crippen LogP contribution in [0.3, 0.4) is 0 Å². The van der Waals surface area contributed by atoms with Crippen molar-refractivity contribution < 1.29 is 5.11 Å². The Hall–Kier alpha value is -1.09. The second-order valence-corrected chi connectivity index (χ2v) is 6.43. The van der Waals surface area contributed by atoms with Gasteiger partial charge < -0.3 is 10.4 Å². The van der Waals surface area contributed by atoms with E-state index in [0.29, 0.717) is 12.0 Å². The Kier molecular flexibility index (Phi) is 3.62. The summed E-state index contributed by atoms with van der Waals surface area (Å²) in [5.74, 6) is 0. The molecule has 1 aromatic heterocycles. The number of hydrogen-bond acceptors (Lipinski definition) is 3. The molecular weight excluding hydrogens is 224 g/mol. The summed E-state index contributed by atoms with van der Waals surface area (Å²) in [6, 6.07) is 3.96. The molecule has 0 saturated heterocycles. The van der Waals surface area contributed by atoms with Crippen LogP contribution >= 0.6 is 0 Å². The monoisotopic (exact) mass is 248 g/mol. The van der Waals surface area contributed by atoms with Crippen LogP contribution in [0.2, 0.25) is 0 Å². The van der Waals surface area contributed by atoms with Crippen LogP contribution in [0.25, 0.3) is 0 Å². The van der Waals surface area contributed by atoms with Crippen LogP contribution in [-0.2, 0) is 0 Å². The van der Waals surface area contributed by atoms with Gasteiger partial charge in [-0.25, -0.2) is 0 Å². The van der Waals surface area contributed by atoms with Gasteiger partial charge in [0.1, 0.15) is 0 Å². The molecule has 0 radical (unpaired) electrons. The first-order valence-electron chi connectivity index (χ1n) is 6.78. The maximum atomic E-state index is 10.6. The van der Waals surface area contributed by atoms with E-state index in [4.69, 9.17) is 0 Å². The first-order chi connectivity index (χ1) is 8.39. The Labute approximate surface area is 110 Å². The highest BCUT2D eigenvalue weighted by atomic mass is 16.3. The first kappa shape index (κ1) is 13.3. The van der Waals surface area contributed by atoms with Crippen molar-refractivity contribution in [2.24, 2.45) is 5.41 Å². The number of pyridine rings is 1. The molecule has 0 spiro atoms. The summed E-state index contributed by atoms with van der Waals surface area (Å²) in [4.78, 5) is 4.17. The molecule has 0 amide bonds. The van der Waals surface area contributed by atoms with Gasteiger partial charge in [0.05, 0.1) is 5.60 Å². The van der Waals surface area contributed by atoms with Gasteiger partial charge in [0.15, 0.2) is 0 Å². The van der Waals surface area contributed by atoms with E-state index < -0.39 is 5.60 Å². The van der Waals surface area contributed by atoms with E-state index in [2.05, 4.69) is 24.1 Å². The molecule has 1 aliphatic carbocycles. The maximum absolute atomic E-state index is 10.6. The predicted molar refractivity (Wildman–Crippen MR) is 74.7 cm³/mol. The topological polar surface area (TPSA) is 45.1 Å². The normalized spacial score (nSPS) is 21.6. The van der Waals surface area contributed by atoms with Crippen LogP contribution < -0.4 is 5.32 Å². The van der Waals surface area contributed by atoms with Crippen molar-refractivity contribution in [2.75, 3.05) is 11.9 Å². The zero-order chi connectivity index (χ0) is 13.2. The van der Waals surface area contributed by atoms with Gasteiger partial charge in [0.2, 0.25) is 0 Å². The lowest BCUT2D eigenvalue weighted by Gasteiger charge is -2.40. The number of rotatable bonds is 3.